The van der Waals surface area contributed by atoms with E-state index in [-0.39, 0.29) is 11.9 Å². The highest BCUT2D eigenvalue weighted by molar-refractivity contribution is 9.10. The van der Waals surface area contributed by atoms with Gasteiger partial charge in [0.2, 0.25) is 0 Å². The molecule has 0 amide bonds. The molecule has 0 bridgehead atoms. The Morgan fingerprint density at radius 1 is 1.55 bits per heavy atom. The first-order chi connectivity index (χ1) is 5.27. The first-order valence-electron chi connectivity index (χ1n) is 3.34. The number of benzene rings is 1. The van der Waals surface area contributed by atoms with Gasteiger partial charge in [0.05, 0.1) is 6.61 Å². The smallest absolute Gasteiger partial charge is 0.129 e. The summed E-state index contributed by atoms with van der Waals surface area (Å²) in [4.78, 5) is 0. The van der Waals surface area contributed by atoms with Gasteiger partial charge in [0, 0.05) is 10.0 Å². The molecule has 1 unspecified atom stereocenters. The van der Waals surface area contributed by atoms with E-state index in [9.17, 15) is 4.39 Å². The summed E-state index contributed by atoms with van der Waals surface area (Å²) in [6.07, 6.45) is -0.00694. The lowest BCUT2D eigenvalue weighted by Crippen LogP contribution is -1.86. The van der Waals surface area contributed by atoms with Crippen molar-refractivity contribution in [3.05, 3.63) is 34.1 Å². The molecule has 0 radical (unpaired) electrons. The van der Waals surface area contributed by atoms with E-state index in [1.807, 2.05) is 0 Å². The minimum absolute atomic E-state index is 0.00694. The molecule has 0 aromatic heterocycles. The molecule has 1 fully saturated rings. The van der Waals surface area contributed by atoms with Gasteiger partial charge in [-0.05, 0) is 18.2 Å². The van der Waals surface area contributed by atoms with E-state index in [1.165, 1.54) is 6.07 Å². The SMILES string of the molecule is Fc1ccc(Br)cc1C1CO1. The fourth-order valence-corrected chi connectivity index (χ4v) is 1.37. The third kappa shape index (κ3) is 1.44. The summed E-state index contributed by atoms with van der Waals surface area (Å²) < 4.78 is 18.8. The second-order valence-electron chi connectivity index (χ2n) is 2.49. The minimum Gasteiger partial charge on any atom is -0.368 e. The van der Waals surface area contributed by atoms with Crippen LogP contribution in [0.15, 0.2) is 22.7 Å². The van der Waals surface area contributed by atoms with Crippen molar-refractivity contribution in [1.29, 1.82) is 0 Å². The van der Waals surface area contributed by atoms with Gasteiger partial charge in [0.1, 0.15) is 11.9 Å². The van der Waals surface area contributed by atoms with Crippen molar-refractivity contribution in [2.75, 3.05) is 6.61 Å². The van der Waals surface area contributed by atoms with Crippen molar-refractivity contribution in [3.63, 3.8) is 0 Å². The fraction of sp³-hybridized carbons (Fsp3) is 0.250. The zero-order valence-corrected chi connectivity index (χ0v) is 7.27. The minimum atomic E-state index is -0.185. The van der Waals surface area contributed by atoms with Gasteiger partial charge < -0.3 is 4.74 Å². The molecule has 0 aliphatic carbocycles. The molecule has 2 rings (SSSR count). The molecule has 1 aliphatic rings. The Balaban J connectivity index is 2.42. The number of hydrogen-bond acceptors (Lipinski definition) is 1. The summed E-state index contributed by atoms with van der Waals surface area (Å²) in [6.45, 7) is 0.646. The van der Waals surface area contributed by atoms with Gasteiger partial charge in [-0.15, -0.1) is 0 Å². The number of halogens is 2. The highest BCUT2D eigenvalue weighted by Crippen LogP contribution is 2.32. The van der Waals surface area contributed by atoms with Crippen molar-refractivity contribution in [2.45, 2.75) is 6.10 Å². The predicted molar refractivity (Wildman–Crippen MR) is 42.8 cm³/mol. The van der Waals surface area contributed by atoms with E-state index in [1.54, 1.807) is 12.1 Å². The summed E-state index contributed by atoms with van der Waals surface area (Å²) in [7, 11) is 0. The Morgan fingerprint density at radius 3 is 2.91 bits per heavy atom. The molecular formula is C8H6BrFO. The van der Waals surface area contributed by atoms with E-state index in [4.69, 9.17) is 4.74 Å². The van der Waals surface area contributed by atoms with Crippen LogP contribution in [0.4, 0.5) is 4.39 Å². The topological polar surface area (TPSA) is 12.5 Å². The summed E-state index contributed by atoms with van der Waals surface area (Å²) >= 11 is 3.27. The average molecular weight is 217 g/mol. The fourth-order valence-electron chi connectivity index (χ4n) is 0.989. The summed E-state index contributed by atoms with van der Waals surface area (Å²) in [5.74, 6) is -0.185. The summed E-state index contributed by atoms with van der Waals surface area (Å²) in [5, 5.41) is 0. The Hall–Kier alpha value is -0.410. The van der Waals surface area contributed by atoms with Gasteiger partial charge in [-0.25, -0.2) is 4.39 Å². The Kier molecular flexibility index (Phi) is 1.69. The van der Waals surface area contributed by atoms with E-state index in [0.29, 0.717) is 12.2 Å². The molecule has 0 N–H and O–H groups in total. The lowest BCUT2D eigenvalue weighted by atomic mass is 10.1. The third-order valence-corrected chi connectivity index (χ3v) is 2.13. The molecule has 1 aromatic rings. The molecule has 1 heterocycles. The zero-order chi connectivity index (χ0) is 7.84. The van der Waals surface area contributed by atoms with Crippen LogP contribution >= 0.6 is 15.9 Å². The first-order valence-corrected chi connectivity index (χ1v) is 4.13. The molecule has 0 spiro atoms. The molecule has 1 aliphatic heterocycles. The van der Waals surface area contributed by atoms with E-state index < -0.39 is 0 Å². The monoisotopic (exact) mass is 216 g/mol. The highest BCUT2D eigenvalue weighted by atomic mass is 79.9. The largest absolute Gasteiger partial charge is 0.368 e. The van der Waals surface area contributed by atoms with Gasteiger partial charge in [-0.2, -0.15) is 0 Å². The van der Waals surface area contributed by atoms with Crippen LogP contribution < -0.4 is 0 Å². The van der Waals surface area contributed by atoms with Crippen molar-refractivity contribution >= 4 is 15.9 Å². The average Bonchev–Trinajstić information content (AvgIpc) is 2.76. The van der Waals surface area contributed by atoms with Gasteiger partial charge in [-0.1, -0.05) is 15.9 Å². The van der Waals surface area contributed by atoms with Gasteiger partial charge in [0.25, 0.3) is 0 Å². The van der Waals surface area contributed by atoms with Crippen LogP contribution in [0.2, 0.25) is 0 Å². The molecule has 3 heteroatoms. The molecular weight excluding hydrogens is 211 g/mol. The van der Waals surface area contributed by atoms with Crippen LogP contribution in [0.25, 0.3) is 0 Å². The van der Waals surface area contributed by atoms with Crippen LogP contribution in [0, 0.1) is 5.82 Å². The quantitative estimate of drug-likeness (QED) is 0.658. The zero-order valence-electron chi connectivity index (χ0n) is 5.68. The second-order valence-corrected chi connectivity index (χ2v) is 3.40. The number of hydrogen-bond donors (Lipinski definition) is 0. The Morgan fingerprint density at radius 2 is 2.27 bits per heavy atom. The van der Waals surface area contributed by atoms with Crippen LogP contribution in [0.5, 0.6) is 0 Å². The van der Waals surface area contributed by atoms with Crippen LogP contribution in [0.1, 0.15) is 11.7 Å². The maximum absolute atomic E-state index is 13.0. The van der Waals surface area contributed by atoms with Crippen molar-refractivity contribution < 1.29 is 9.13 Å². The first kappa shape index (κ1) is 7.25. The van der Waals surface area contributed by atoms with Crippen LogP contribution in [-0.4, -0.2) is 6.61 Å². The predicted octanol–water partition coefficient (Wildman–Crippen LogP) is 2.66. The lowest BCUT2D eigenvalue weighted by molar-refractivity contribution is 0.408. The number of ether oxygens (including phenoxy) is 1. The van der Waals surface area contributed by atoms with Gasteiger partial charge in [-0.3, -0.25) is 0 Å². The molecule has 1 atom stereocenters. The third-order valence-electron chi connectivity index (χ3n) is 1.64. The molecule has 58 valence electrons. The van der Waals surface area contributed by atoms with Crippen molar-refractivity contribution in [2.24, 2.45) is 0 Å². The van der Waals surface area contributed by atoms with Crippen molar-refractivity contribution in [3.8, 4) is 0 Å². The summed E-state index contributed by atoms with van der Waals surface area (Å²) in [6, 6.07) is 4.88. The molecule has 11 heavy (non-hydrogen) atoms. The van der Waals surface area contributed by atoms with Gasteiger partial charge >= 0.3 is 0 Å². The number of epoxide rings is 1. The molecule has 1 aromatic carbocycles. The van der Waals surface area contributed by atoms with Gasteiger partial charge in [0.15, 0.2) is 0 Å². The molecule has 1 nitrogen and oxygen atoms in total. The van der Waals surface area contributed by atoms with E-state index in [2.05, 4.69) is 15.9 Å². The van der Waals surface area contributed by atoms with Crippen LogP contribution in [-0.2, 0) is 4.74 Å². The maximum atomic E-state index is 13.0. The normalized spacial score (nSPS) is 21.8. The maximum Gasteiger partial charge on any atom is 0.129 e. The summed E-state index contributed by atoms with van der Waals surface area (Å²) in [5.41, 5.74) is 0.652. The Labute approximate surface area is 72.3 Å². The second kappa shape index (κ2) is 2.57. The Bertz CT molecular complexity index is 283. The standard InChI is InChI=1S/C8H6BrFO/c9-5-1-2-7(10)6(3-5)8-4-11-8/h1-3,8H,4H2. The van der Waals surface area contributed by atoms with E-state index in [0.717, 1.165) is 4.47 Å². The van der Waals surface area contributed by atoms with E-state index >= 15 is 0 Å². The molecule has 1 saturated heterocycles. The number of rotatable bonds is 1. The highest BCUT2D eigenvalue weighted by Gasteiger charge is 2.27. The van der Waals surface area contributed by atoms with Crippen LogP contribution in [0.3, 0.4) is 0 Å². The lowest BCUT2D eigenvalue weighted by Gasteiger charge is -1.97. The molecule has 0 saturated carbocycles. The van der Waals surface area contributed by atoms with Crippen molar-refractivity contribution in [1.82, 2.24) is 0 Å².